The number of carbonyl (C=O) groups excluding carboxylic acids is 2. The van der Waals surface area contributed by atoms with Crippen LogP contribution in [-0.4, -0.2) is 41.2 Å². The molecule has 0 aromatic heterocycles. The summed E-state index contributed by atoms with van der Waals surface area (Å²) in [4.78, 5) is 36.5. The number of nitro benzene ring substituents is 1. The Labute approximate surface area is 169 Å². The Bertz CT molecular complexity index is 915. The van der Waals surface area contributed by atoms with Crippen LogP contribution in [0.1, 0.15) is 35.3 Å². The second-order valence-electron chi connectivity index (χ2n) is 6.38. The number of nitrogens with zero attached hydrogens (tertiary/aromatic N) is 2. The van der Waals surface area contributed by atoms with E-state index in [1.54, 1.807) is 54.3 Å². The summed E-state index contributed by atoms with van der Waals surface area (Å²) in [6.45, 7) is 6.68. The standard InChI is InChI=1S/C22H24N2O5/c1-4-23(5-2)22(26)15-29-19-11-9-18(10-12-19)21(25)13-8-17-7-6-16(3)20(14-17)24(27)28/h6-14H,4-5,15H2,1-3H3/b13-8+. The molecule has 152 valence electrons. The summed E-state index contributed by atoms with van der Waals surface area (Å²) < 4.78 is 5.48. The van der Waals surface area contributed by atoms with Gasteiger partial charge in [-0.05, 0) is 56.7 Å². The fourth-order valence-electron chi connectivity index (χ4n) is 2.72. The van der Waals surface area contributed by atoms with Crippen molar-refractivity contribution in [1.29, 1.82) is 0 Å². The maximum absolute atomic E-state index is 12.3. The molecule has 0 aliphatic carbocycles. The van der Waals surface area contributed by atoms with Gasteiger partial charge >= 0.3 is 0 Å². The van der Waals surface area contributed by atoms with Crippen LogP contribution in [0.2, 0.25) is 0 Å². The molecule has 0 aliphatic heterocycles. The first kappa shape index (κ1) is 21.8. The zero-order chi connectivity index (χ0) is 21.4. The fourth-order valence-corrected chi connectivity index (χ4v) is 2.72. The number of carbonyl (C=O) groups is 2. The van der Waals surface area contributed by atoms with E-state index in [0.29, 0.717) is 35.5 Å². The minimum atomic E-state index is -0.446. The lowest BCUT2D eigenvalue weighted by Gasteiger charge is -2.18. The van der Waals surface area contributed by atoms with Crippen molar-refractivity contribution >= 4 is 23.5 Å². The number of benzene rings is 2. The topological polar surface area (TPSA) is 89.8 Å². The molecule has 0 aliphatic rings. The minimum absolute atomic E-state index is 0.0142. The normalized spacial score (nSPS) is 10.7. The average molecular weight is 396 g/mol. The largest absolute Gasteiger partial charge is 0.484 e. The second-order valence-corrected chi connectivity index (χ2v) is 6.38. The van der Waals surface area contributed by atoms with E-state index in [-0.39, 0.29) is 24.0 Å². The summed E-state index contributed by atoms with van der Waals surface area (Å²) in [5.41, 5.74) is 1.60. The molecular weight excluding hydrogens is 372 g/mol. The molecule has 7 heteroatoms. The molecule has 0 bridgehead atoms. The van der Waals surface area contributed by atoms with E-state index in [2.05, 4.69) is 0 Å². The number of aryl methyl sites for hydroxylation is 1. The first-order valence-corrected chi connectivity index (χ1v) is 9.33. The van der Waals surface area contributed by atoms with Gasteiger partial charge in [0.15, 0.2) is 12.4 Å². The van der Waals surface area contributed by atoms with E-state index in [1.165, 1.54) is 12.1 Å². The van der Waals surface area contributed by atoms with Crippen LogP contribution in [0.15, 0.2) is 48.5 Å². The Hall–Kier alpha value is -3.48. The quantitative estimate of drug-likeness (QED) is 0.276. The van der Waals surface area contributed by atoms with Gasteiger partial charge in [-0.3, -0.25) is 19.7 Å². The van der Waals surface area contributed by atoms with Crippen molar-refractivity contribution in [2.24, 2.45) is 0 Å². The number of hydrogen-bond acceptors (Lipinski definition) is 5. The molecule has 0 fully saturated rings. The smallest absolute Gasteiger partial charge is 0.272 e. The molecule has 7 nitrogen and oxygen atoms in total. The van der Waals surface area contributed by atoms with Crippen LogP contribution in [-0.2, 0) is 4.79 Å². The molecule has 0 saturated heterocycles. The molecule has 0 radical (unpaired) electrons. The summed E-state index contributed by atoms with van der Waals surface area (Å²) >= 11 is 0. The molecular formula is C22H24N2O5. The zero-order valence-corrected chi connectivity index (χ0v) is 16.8. The maximum Gasteiger partial charge on any atom is 0.272 e. The summed E-state index contributed by atoms with van der Waals surface area (Å²) in [6.07, 6.45) is 2.91. The highest BCUT2D eigenvalue weighted by Gasteiger charge is 2.11. The molecule has 0 spiro atoms. The maximum atomic E-state index is 12.3. The number of rotatable bonds is 9. The van der Waals surface area contributed by atoms with Gasteiger partial charge in [0, 0.05) is 30.3 Å². The molecule has 29 heavy (non-hydrogen) atoms. The second kappa shape index (κ2) is 10.2. The minimum Gasteiger partial charge on any atom is -0.484 e. The van der Waals surface area contributed by atoms with Gasteiger partial charge in [-0.25, -0.2) is 0 Å². The van der Waals surface area contributed by atoms with Crippen molar-refractivity contribution in [2.45, 2.75) is 20.8 Å². The van der Waals surface area contributed by atoms with E-state index in [0.717, 1.165) is 0 Å². The van der Waals surface area contributed by atoms with Crippen LogP contribution in [0.25, 0.3) is 6.08 Å². The average Bonchev–Trinajstić information content (AvgIpc) is 2.72. The number of ketones is 1. The molecule has 0 unspecified atom stereocenters. The van der Waals surface area contributed by atoms with Crippen molar-refractivity contribution in [2.75, 3.05) is 19.7 Å². The Morgan fingerprint density at radius 2 is 1.76 bits per heavy atom. The summed E-state index contributed by atoms with van der Waals surface area (Å²) in [6, 6.07) is 11.3. The Kier molecular flexibility index (Phi) is 7.65. The van der Waals surface area contributed by atoms with Crippen molar-refractivity contribution in [1.82, 2.24) is 4.90 Å². The van der Waals surface area contributed by atoms with E-state index < -0.39 is 4.92 Å². The first-order valence-electron chi connectivity index (χ1n) is 9.33. The van der Waals surface area contributed by atoms with Gasteiger partial charge in [-0.2, -0.15) is 0 Å². The molecule has 2 rings (SSSR count). The van der Waals surface area contributed by atoms with Crippen molar-refractivity contribution in [3.8, 4) is 5.75 Å². The van der Waals surface area contributed by atoms with Gasteiger partial charge in [-0.15, -0.1) is 0 Å². The van der Waals surface area contributed by atoms with Gasteiger partial charge in [0.2, 0.25) is 0 Å². The van der Waals surface area contributed by atoms with E-state index >= 15 is 0 Å². The van der Waals surface area contributed by atoms with Gasteiger partial charge in [0.1, 0.15) is 5.75 Å². The SMILES string of the molecule is CCN(CC)C(=O)COc1ccc(C(=O)/C=C/c2ccc(C)c([N+](=O)[O-])c2)cc1. The van der Waals surface area contributed by atoms with E-state index in [9.17, 15) is 19.7 Å². The van der Waals surface area contributed by atoms with Crippen LogP contribution < -0.4 is 4.74 Å². The molecule has 0 atom stereocenters. The van der Waals surface area contributed by atoms with Gasteiger partial charge in [-0.1, -0.05) is 18.2 Å². The third kappa shape index (κ3) is 6.00. The number of nitro groups is 1. The molecule has 0 heterocycles. The van der Waals surface area contributed by atoms with Gasteiger partial charge < -0.3 is 9.64 Å². The number of hydrogen-bond donors (Lipinski definition) is 0. The van der Waals surface area contributed by atoms with E-state index in [1.807, 2.05) is 13.8 Å². The van der Waals surface area contributed by atoms with E-state index in [4.69, 9.17) is 4.74 Å². The number of ether oxygens (including phenoxy) is 1. The van der Waals surface area contributed by atoms with Crippen LogP contribution in [0.3, 0.4) is 0 Å². The predicted octanol–water partition coefficient (Wildman–Crippen LogP) is 4.05. The van der Waals surface area contributed by atoms with Crippen molar-refractivity contribution in [3.05, 3.63) is 75.3 Å². The molecule has 1 amide bonds. The highest BCUT2D eigenvalue weighted by molar-refractivity contribution is 6.06. The number of likely N-dealkylation sites (N-methyl/N-ethyl adjacent to an activating group) is 1. The fraction of sp³-hybridized carbons (Fsp3) is 0.273. The highest BCUT2D eigenvalue weighted by atomic mass is 16.6. The zero-order valence-electron chi connectivity index (χ0n) is 16.8. The third-order valence-corrected chi connectivity index (χ3v) is 4.47. The van der Waals surface area contributed by atoms with Gasteiger partial charge in [0.05, 0.1) is 4.92 Å². The third-order valence-electron chi connectivity index (χ3n) is 4.47. The molecule has 0 saturated carbocycles. The Balaban J connectivity index is 2.00. The Morgan fingerprint density at radius 1 is 1.10 bits per heavy atom. The van der Waals surface area contributed by atoms with Gasteiger partial charge in [0.25, 0.3) is 11.6 Å². The number of amides is 1. The summed E-state index contributed by atoms with van der Waals surface area (Å²) in [5, 5.41) is 11.0. The molecule has 0 N–H and O–H groups in total. The van der Waals surface area contributed by atoms with Crippen molar-refractivity contribution in [3.63, 3.8) is 0 Å². The monoisotopic (exact) mass is 396 g/mol. The lowest BCUT2D eigenvalue weighted by atomic mass is 10.1. The number of allylic oxidation sites excluding steroid dienone is 1. The van der Waals surface area contributed by atoms with Crippen LogP contribution in [0.4, 0.5) is 5.69 Å². The highest BCUT2D eigenvalue weighted by Crippen LogP contribution is 2.20. The van der Waals surface area contributed by atoms with Crippen LogP contribution in [0, 0.1) is 17.0 Å². The molecule has 2 aromatic carbocycles. The Morgan fingerprint density at radius 3 is 2.34 bits per heavy atom. The lowest BCUT2D eigenvalue weighted by Crippen LogP contribution is -2.34. The lowest BCUT2D eigenvalue weighted by molar-refractivity contribution is -0.385. The summed E-state index contributed by atoms with van der Waals surface area (Å²) in [5.74, 6) is 0.171. The van der Waals surface area contributed by atoms with Crippen molar-refractivity contribution < 1.29 is 19.2 Å². The first-order chi connectivity index (χ1) is 13.8. The predicted molar refractivity (Wildman–Crippen MR) is 111 cm³/mol. The molecule has 2 aromatic rings. The van der Waals surface area contributed by atoms with Crippen LogP contribution in [0.5, 0.6) is 5.75 Å². The summed E-state index contributed by atoms with van der Waals surface area (Å²) in [7, 11) is 0. The van der Waals surface area contributed by atoms with Crippen LogP contribution >= 0.6 is 0 Å².